The first kappa shape index (κ1) is 17.9. The van der Waals surface area contributed by atoms with Gasteiger partial charge in [-0.25, -0.2) is 0 Å². The van der Waals surface area contributed by atoms with E-state index >= 15 is 0 Å². The van der Waals surface area contributed by atoms with Gasteiger partial charge < -0.3 is 14.7 Å². The number of aryl methyl sites for hydroxylation is 1. The van der Waals surface area contributed by atoms with Crippen LogP contribution in [0.2, 0.25) is 0 Å². The quantitative estimate of drug-likeness (QED) is 0.836. The first-order chi connectivity index (χ1) is 12.1. The molecule has 1 fully saturated rings. The predicted molar refractivity (Wildman–Crippen MR) is 98.3 cm³/mol. The van der Waals surface area contributed by atoms with Crippen LogP contribution in [0.4, 0.5) is 0 Å². The Morgan fingerprint density at radius 1 is 0.920 bits per heavy atom. The van der Waals surface area contributed by atoms with Gasteiger partial charge in [-0.1, -0.05) is 25.1 Å². The van der Waals surface area contributed by atoms with E-state index in [9.17, 15) is 9.59 Å². The van der Waals surface area contributed by atoms with Crippen molar-refractivity contribution < 1.29 is 9.59 Å². The Balaban J connectivity index is 1.49. The van der Waals surface area contributed by atoms with Gasteiger partial charge in [-0.05, 0) is 36.6 Å². The smallest absolute Gasteiger partial charge is 0.223 e. The molecule has 5 heteroatoms. The molecule has 1 aromatic rings. The molecule has 0 N–H and O–H groups in total. The highest BCUT2D eigenvalue weighted by molar-refractivity contribution is 5.84. The van der Waals surface area contributed by atoms with Gasteiger partial charge in [0, 0.05) is 52.1 Å². The molecule has 136 valence electrons. The number of hydrogen-bond acceptors (Lipinski definition) is 3. The van der Waals surface area contributed by atoms with Gasteiger partial charge in [-0.15, -0.1) is 0 Å². The van der Waals surface area contributed by atoms with Crippen LogP contribution < -0.4 is 0 Å². The lowest BCUT2D eigenvalue weighted by Crippen LogP contribution is -2.47. The van der Waals surface area contributed by atoms with E-state index in [2.05, 4.69) is 37.1 Å². The Hall–Kier alpha value is -1.88. The molecule has 1 saturated heterocycles. The SMILES string of the molecule is CCc1ccc2c(c1)CCN(C(=O)CCC(=O)N1CCN(C)CC1)C2. The maximum absolute atomic E-state index is 12.5. The Bertz CT molecular complexity index is 636. The molecule has 2 aliphatic heterocycles. The average molecular weight is 343 g/mol. The summed E-state index contributed by atoms with van der Waals surface area (Å²) in [5.41, 5.74) is 3.98. The maximum Gasteiger partial charge on any atom is 0.223 e. The van der Waals surface area contributed by atoms with Crippen molar-refractivity contribution in [1.82, 2.24) is 14.7 Å². The molecule has 0 unspecified atom stereocenters. The number of likely N-dealkylation sites (N-methyl/N-ethyl adjacent to an activating group) is 1. The van der Waals surface area contributed by atoms with Gasteiger partial charge in [0.15, 0.2) is 0 Å². The molecule has 5 nitrogen and oxygen atoms in total. The lowest BCUT2D eigenvalue weighted by Gasteiger charge is -2.33. The molecular weight excluding hydrogens is 314 g/mol. The summed E-state index contributed by atoms with van der Waals surface area (Å²) in [7, 11) is 2.07. The molecule has 0 saturated carbocycles. The largest absolute Gasteiger partial charge is 0.340 e. The minimum absolute atomic E-state index is 0.104. The third kappa shape index (κ3) is 4.40. The predicted octanol–water partition coefficient (Wildman–Crippen LogP) is 1.69. The van der Waals surface area contributed by atoms with E-state index in [1.165, 1.54) is 16.7 Å². The van der Waals surface area contributed by atoms with Gasteiger partial charge in [-0.3, -0.25) is 9.59 Å². The molecule has 1 aromatic carbocycles. The molecule has 0 radical (unpaired) electrons. The standard InChI is InChI=1S/C20H29N3O2/c1-3-16-4-5-18-15-23(9-8-17(18)14-16)20(25)7-6-19(24)22-12-10-21(2)11-13-22/h4-5,14H,3,6-13,15H2,1-2H3. The number of amides is 2. The van der Waals surface area contributed by atoms with Crippen molar-refractivity contribution in [3.63, 3.8) is 0 Å². The van der Waals surface area contributed by atoms with Crippen LogP contribution in [0.25, 0.3) is 0 Å². The number of carbonyl (C=O) groups is 2. The number of piperazine rings is 1. The minimum Gasteiger partial charge on any atom is -0.340 e. The van der Waals surface area contributed by atoms with Crippen LogP contribution >= 0.6 is 0 Å². The highest BCUT2D eigenvalue weighted by Gasteiger charge is 2.23. The van der Waals surface area contributed by atoms with E-state index < -0.39 is 0 Å². The monoisotopic (exact) mass is 343 g/mol. The van der Waals surface area contributed by atoms with Crippen molar-refractivity contribution in [3.05, 3.63) is 34.9 Å². The van der Waals surface area contributed by atoms with Crippen molar-refractivity contribution in [1.29, 1.82) is 0 Å². The molecule has 0 bridgehead atoms. The van der Waals surface area contributed by atoms with Crippen LogP contribution in [-0.4, -0.2) is 66.3 Å². The lowest BCUT2D eigenvalue weighted by atomic mass is 9.96. The second-order valence-electron chi connectivity index (χ2n) is 7.21. The van der Waals surface area contributed by atoms with E-state index in [4.69, 9.17) is 0 Å². The van der Waals surface area contributed by atoms with Crippen molar-refractivity contribution in [2.45, 2.75) is 39.2 Å². The molecular formula is C20H29N3O2. The topological polar surface area (TPSA) is 43.9 Å². The van der Waals surface area contributed by atoms with Gasteiger partial charge >= 0.3 is 0 Å². The highest BCUT2D eigenvalue weighted by Crippen LogP contribution is 2.21. The Labute approximate surface area is 150 Å². The van der Waals surface area contributed by atoms with Gasteiger partial charge in [0.05, 0.1) is 0 Å². The summed E-state index contributed by atoms with van der Waals surface area (Å²) in [4.78, 5) is 30.8. The summed E-state index contributed by atoms with van der Waals surface area (Å²) >= 11 is 0. The van der Waals surface area contributed by atoms with Gasteiger partial charge in [0.1, 0.15) is 0 Å². The van der Waals surface area contributed by atoms with Crippen molar-refractivity contribution in [3.8, 4) is 0 Å². The van der Waals surface area contributed by atoms with E-state index in [0.29, 0.717) is 19.4 Å². The number of fused-ring (bicyclic) bond motifs is 1. The summed E-state index contributed by atoms with van der Waals surface area (Å²) in [6.07, 6.45) is 2.62. The number of carbonyl (C=O) groups excluding carboxylic acids is 2. The molecule has 0 atom stereocenters. The van der Waals surface area contributed by atoms with Crippen LogP contribution in [-0.2, 0) is 29.0 Å². The lowest BCUT2D eigenvalue weighted by molar-refractivity contribution is -0.138. The summed E-state index contributed by atoms with van der Waals surface area (Å²) < 4.78 is 0. The van der Waals surface area contributed by atoms with E-state index in [1.54, 1.807) is 0 Å². The number of benzene rings is 1. The molecule has 2 amide bonds. The Morgan fingerprint density at radius 2 is 1.60 bits per heavy atom. The minimum atomic E-state index is 0.104. The number of rotatable bonds is 4. The van der Waals surface area contributed by atoms with Crippen molar-refractivity contribution in [2.75, 3.05) is 39.8 Å². The molecule has 2 heterocycles. The van der Waals surface area contributed by atoms with E-state index in [0.717, 1.165) is 45.6 Å². The van der Waals surface area contributed by atoms with Crippen LogP contribution in [0.5, 0.6) is 0 Å². The molecule has 2 aliphatic rings. The van der Waals surface area contributed by atoms with Gasteiger partial charge in [0.25, 0.3) is 0 Å². The first-order valence-electron chi connectivity index (χ1n) is 9.41. The Morgan fingerprint density at radius 3 is 2.28 bits per heavy atom. The zero-order chi connectivity index (χ0) is 17.8. The summed E-state index contributed by atoms with van der Waals surface area (Å²) in [6.45, 7) is 7.01. The van der Waals surface area contributed by atoms with Crippen LogP contribution in [0, 0.1) is 0 Å². The van der Waals surface area contributed by atoms with Crippen molar-refractivity contribution in [2.24, 2.45) is 0 Å². The van der Waals surface area contributed by atoms with Crippen LogP contribution in [0.15, 0.2) is 18.2 Å². The number of nitrogens with zero attached hydrogens (tertiary/aromatic N) is 3. The molecule has 3 rings (SSSR count). The van der Waals surface area contributed by atoms with Gasteiger partial charge in [-0.2, -0.15) is 0 Å². The fourth-order valence-corrected chi connectivity index (χ4v) is 3.63. The molecule has 25 heavy (non-hydrogen) atoms. The van der Waals surface area contributed by atoms with Gasteiger partial charge in [0.2, 0.25) is 11.8 Å². The zero-order valence-corrected chi connectivity index (χ0v) is 15.5. The van der Waals surface area contributed by atoms with E-state index in [-0.39, 0.29) is 11.8 Å². The normalized spacial score (nSPS) is 18.2. The second kappa shape index (κ2) is 8.00. The fourth-order valence-electron chi connectivity index (χ4n) is 3.63. The van der Waals surface area contributed by atoms with Crippen molar-refractivity contribution >= 4 is 11.8 Å². The maximum atomic E-state index is 12.5. The third-order valence-electron chi connectivity index (χ3n) is 5.45. The summed E-state index contributed by atoms with van der Waals surface area (Å²) in [5.74, 6) is 0.221. The second-order valence-corrected chi connectivity index (χ2v) is 7.21. The average Bonchev–Trinajstić information content (AvgIpc) is 2.65. The first-order valence-corrected chi connectivity index (χ1v) is 9.41. The summed E-state index contributed by atoms with van der Waals surface area (Å²) in [5, 5.41) is 0. The molecule has 0 aliphatic carbocycles. The van der Waals surface area contributed by atoms with Crippen LogP contribution in [0.1, 0.15) is 36.5 Å². The molecule has 0 aromatic heterocycles. The van der Waals surface area contributed by atoms with E-state index in [1.807, 2.05) is 9.80 Å². The third-order valence-corrected chi connectivity index (χ3v) is 5.45. The fraction of sp³-hybridized carbons (Fsp3) is 0.600. The summed E-state index contributed by atoms with van der Waals surface area (Å²) in [6, 6.07) is 6.58. The number of hydrogen-bond donors (Lipinski definition) is 0. The zero-order valence-electron chi connectivity index (χ0n) is 15.5. The molecule has 0 spiro atoms. The Kier molecular flexibility index (Phi) is 5.74. The highest BCUT2D eigenvalue weighted by atomic mass is 16.2. The van der Waals surface area contributed by atoms with Crippen LogP contribution in [0.3, 0.4) is 0 Å².